The van der Waals surface area contributed by atoms with Crippen LogP contribution in [0, 0.1) is 6.92 Å². The number of rotatable bonds is 2. The van der Waals surface area contributed by atoms with Crippen molar-refractivity contribution in [3.63, 3.8) is 0 Å². The number of hydrogen-bond acceptors (Lipinski definition) is 4. The zero-order valence-electron chi connectivity index (χ0n) is 12.0. The van der Waals surface area contributed by atoms with Gasteiger partial charge in [0.2, 0.25) is 0 Å². The summed E-state index contributed by atoms with van der Waals surface area (Å²) in [4.78, 5) is 27.2. The van der Waals surface area contributed by atoms with Gasteiger partial charge in [-0.3, -0.25) is 19.8 Å². The molecule has 1 saturated heterocycles. The van der Waals surface area contributed by atoms with Crippen molar-refractivity contribution in [3.05, 3.63) is 56.2 Å². The number of aryl methyl sites for hydroxylation is 1. The van der Waals surface area contributed by atoms with Crippen LogP contribution in [0.2, 0.25) is 0 Å². The third kappa shape index (κ3) is 3.12. The van der Waals surface area contributed by atoms with Crippen molar-refractivity contribution in [1.82, 2.24) is 5.32 Å². The molecule has 2 aromatic rings. The van der Waals surface area contributed by atoms with Gasteiger partial charge in [-0.1, -0.05) is 22.0 Å². The Labute approximate surface area is 150 Å². The van der Waals surface area contributed by atoms with E-state index >= 15 is 0 Å². The van der Waals surface area contributed by atoms with Gasteiger partial charge in [0.25, 0.3) is 11.8 Å². The number of thiocarbonyl (C=S) groups is 1. The predicted octanol–water partition coefficient (Wildman–Crippen LogP) is 3.65. The molecule has 1 aliphatic heterocycles. The van der Waals surface area contributed by atoms with Gasteiger partial charge in [-0.15, -0.1) is 11.3 Å². The van der Waals surface area contributed by atoms with Crippen molar-refractivity contribution in [2.45, 2.75) is 6.92 Å². The topological polar surface area (TPSA) is 49.4 Å². The summed E-state index contributed by atoms with van der Waals surface area (Å²) < 4.78 is 0.821. The van der Waals surface area contributed by atoms with Crippen LogP contribution < -0.4 is 10.2 Å². The van der Waals surface area contributed by atoms with Crippen LogP contribution >= 0.6 is 39.5 Å². The van der Waals surface area contributed by atoms with Crippen LogP contribution in [0.3, 0.4) is 0 Å². The maximum atomic E-state index is 12.8. The first-order valence-electron chi connectivity index (χ1n) is 6.68. The van der Waals surface area contributed by atoms with Gasteiger partial charge in [0.15, 0.2) is 5.11 Å². The zero-order valence-corrected chi connectivity index (χ0v) is 15.2. The molecule has 0 unspecified atom stereocenters. The van der Waals surface area contributed by atoms with Crippen molar-refractivity contribution >= 4 is 68.2 Å². The monoisotopic (exact) mass is 406 g/mol. The van der Waals surface area contributed by atoms with E-state index in [0.29, 0.717) is 5.69 Å². The molecule has 0 atom stereocenters. The van der Waals surface area contributed by atoms with Gasteiger partial charge in [0.05, 0.1) is 5.69 Å². The summed E-state index contributed by atoms with van der Waals surface area (Å²) >= 11 is 10.0. The summed E-state index contributed by atoms with van der Waals surface area (Å²) in [7, 11) is 0. The lowest BCUT2D eigenvalue weighted by atomic mass is 10.1. The summed E-state index contributed by atoms with van der Waals surface area (Å²) in [6.07, 6.45) is 1.62. The molecule has 116 valence electrons. The molecule has 3 rings (SSSR count). The number of carbonyl (C=O) groups is 2. The fourth-order valence-corrected chi connectivity index (χ4v) is 3.70. The van der Waals surface area contributed by atoms with E-state index in [4.69, 9.17) is 12.2 Å². The largest absolute Gasteiger partial charge is 0.298 e. The number of nitrogens with one attached hydrogen (secondary N) is 1. The highest BCUT2D eigenvalue weighted by Crippen LogP contribution is 2.26. The van der Waals surface area contributed by atoms with Gasteiger partial charge in [0.1, 0.15) is 5.57 Å². The summed E-state index contributed by atoms with van der Waals surface area (Å²) in [5.41, 5.74) is 1.69. The average molecular weight is 407 g/mol. The second-order valence-corrected chi connectivity index (χ2v) is 7.16. The van der Waals surface area contributed by atoms with E-state index in [-0.39, 0.29) is 10.7 Å². The van der Waals surface area contributed by atoms with Gasteiger partial charge >= 0.3 is 0 Å². The summed E-state index contributed by atoms with van der Waals surface area (Å²) in [5.74, 6) is -0.899. The molecule has 0 radical (unpaired) electrons. The molecule has 1 aromatic heterocycles. The van der Waals surface area contributed by atoms with E-state index in [1.165, 1.54) is 16.2 Å². The number of carbonyl (C=O) groups excluding carboxylic acids is 2. The number of halogens is 1. The van der Waals surface area contributed by atoms with Crippen LogP contribution in [0.5, 0.6) is 0 Å². The van der Waals surface area contributed by atoms with Gasteiger partial charge < -0.3 is 0 Å². The van der Waals surface area contributed by atoms with Crippen LogP contribution in [0.15, 0.2) is 45.8 Å². The molecule has 23 heavy (non-hydrogen) atoms. The first-order chi connectivity index (χ1) is 11.0. The summed E-state index contributed by atoms with van der Waals surface area (Å²) in [6.45, 7) is 1.94. The summed E-state index contributed by atoms with van der Waals surface area (Å²) in [5, 5.41) is 4.58. The number of thiophene rings is 1. The fraction of sp³-hybridized carbons (Fsp3) is 0.0625. The minimum absolute atomic E-state index is 0.0733. The maximum Gasteiger partial charge on any atom is 0.270 e. The molecule has 1 aromatic carbocycles. The lowest BCUT2D eigenvalue weighted by Gasteiger charge is -2.29. The molecule has 4 nitrogen and oxygen atoms in total. The van der Waals surface area contributed by atoms with Crippen LogP contribution in [-0.2, 0) is 9.59 Å². The van der Waals surface area contributed by atoms with E-state index in [0.717, 1.165) is 14.9 Å². The van der Waals surface area contributed by atoms with E-state index in [9.17, 15) is 9.59 Å². The maximum absolute atomic E-state index is 12.8. The quantitative estimate of drug-likeness (QED) is 0.470. The number of amides is 2. The smallest absolute Gasteiger partial charge is 0.270 e. The molecular formula is C16H11BrN2O2S2. The van der Waals surface area contributed by atoms with Crippen LogP contribution in [0.4, 0.5) is 5.69 Å². The second kappa shape index (κ2) is 6.35. The highest BCUT2D eigenvalue weighted by atomic mass is 79.9. The third-order valence-corrected chi connectivity index (χ3v) is 5.09. The predicted molar refractivity (Wildman–Crippen MR) is 99.4 cm³/mol. The van der Waals surface area contributed by atoms with Crippen molar-refractivity contribution < 1.29 is 9.59 Å². The molecule has 0 bridgehead atoms. The fourth-order valence-electron chi connectivity index (χ4n) is 2.17. The third-order valence-electron chi connectivity index (χ3n) is 3.35. The Kier molecular flexibility index (Phi) is 4.43. The minimum atomic E-state index is -0.473. The van der Waals surface area contributed by atoms with Crippen molar-refractivity contribution in [1.29, 1.82) is 0 Å². The number of anilines is 1. The molecule has 7 heteroatoms. The molecule has 2 heterocycles. The second-order valence-electron chi connectivity index (χ2n) is 4.91. The Morgan fingerprint density at radius 3 is 2.74 bits per heavy atom. The van der Waals surface area contributed by atoms with Crippen molar-refractivity contribution in [3.8, 4) is 0 Å². The van der Waals surface area contributed by atoms with Crippen molar-refractivity contribution in [2.24, 2.45) is 0 Å². The van der Waals surface area contributed by atoms with E-state index in [2.05, 4.69) is 21.2 Å². The molecule has 0 spiro atoms. The molecule has 1 N–H and O–H groups in total. The van der Waals surface area contributed by atoms with Gasteiger partial charge in [-0.2, -0.15) is 0 Å². The standard InChI is InChI=1S/C16H11BrN2O2S2/c1-9-5-6-23-13(9)8-12-14(20)18-16(22)19(15(12)21)11-4-2-3-10(17)7-11/h2-8H,1H3,(H,18,20,22)/b12-8+. The highest BCUT2D eigenvalue weighted by molar-refractivity contribution is 9.10. The summed E-state index contributed by atoms with van der Waals surface area (Å²) in [6, 6.07) is 9.14. The Morgan fingerprint density at radius 2 is 2.09 bits per heavy atom. The number of hydrogen-bond donors (Lipinski definition) is 1. The van der Waals surface area contributed by atoms with Gasteiger partial charge in [0, 0.05) is 9.35 Å². The first-order valence-corrected chi connectivity index (χ1v) is 8.76. The number of benzene rings is 1. The molecular weight excluding hydrogens is 396 g/mol. The van der Waals surface area contributed by atoms with E-state index in [1.807, 2.05) is 24.4 Å². The molecule has 0 saturated carbocycles. The normalized spacial score (nSPS) is 16.9. The Hall–Kier alpha value is -1.83. The van der Waals surface area contributed by atoms with Gasteiger partial charge in [-0.05, 0) is 60.4 Å². The first kappa shape index (κ1) is 16.0. The highest BCUT2D eigenvalue weighted by Gasteiger charge is 2.34. The lowest BCUT2D eigenvalue weighted by Crippen LogP contribution is -2.54. The number of nitrogens with zero attached hydrogens (tertiary/aromatic N) is 1. The minimum Gasteiger partial charge on any atom is -0.298 e. The molecule has 2 amide bonds. The Bertz CT molecular complexity index is 857. The van der Waals surface area contributed by atoms with E-state index < -0.39 is 11.8 Å². The van der Waals surface area contributed by atoms with E-state index in [1.54, 1.807) is 24.3 Å². The Balaban J connectivity index is 2.04. The average Bonchev–Trinajstić information content (AvgIpc) is 2.88. The Morgan fingerprint density at radius 1 is 1.30 bits per heavy atom. The SMILES string of the molecule is Cc1ccsc1/C=C1\C(=O)NC(=S)N(c2cccc(Br)c2)C1=O. The lowest BCUT2D eigenvalue weighted by molar-refractivity contribution is -0.122. The molecule has 1 fully saturated rings. The van der Waals surface area contributed by atoms with Crippen LogP contribution in [0.1, 0.15) is 10.4 Å². The zero-order chi connectivity index (χ0) is 16.6. The molecule has 1 aliphatic rings. The van der Waals surface area contributed by atoms with Crippen LogP contribution in [-0.4, -0.2) is 16.9 Å². The van der Waals surface area contributed by atoms with Gasteiger partial charge in [-0.25, -0.2) is 0 Å². The van der Waals surface area contributed by atoms with Crippen molar-refractivity contribution in [2.75, 3.05) is 4.90 Å². The van der Waals surface area contributed by atoms with Crippen LogP contribution in [0.25, 0.3) is 6.08 Å². The molecule has 0 aliphatic carbocycles.